The van der Waals surface area contributed by atoms with Crippen LogP contribution in [0.5, 0.6) is 0 Å². The molecule has 10 heteroatoms. The van der Waals surface area contributed by atoms with Crippen molar-refractivity contribution in [2.24, 2.45) is 0 Å². The Hall–Kier alpha value is -2.46. The van der Waals surface area contributed by atoms with Crippen LogP contribution in [0.4, 0.5) is 10.1 Å². The summed E-state index contributed by atoms with van der Waals surface area (Å²) < 4.78 is 13.9. The molecular formula is C22H20ClFN4O2S2. The van der Waals surface area contributed by atoms with Crippen LogP contribution in [0, 0.1) is 12.7 Å². The van der Waals surface area contributed by atoms with E-state index in [1.807, 2.05) is 37.3 Å². The van der Waals surface area contributed by atoms with Crippen molar-refractivity contribution in [3.05, 3.63) is 69.9 Å². The van der Waals surface area contributed by atoms with Gasteiger partial charge in [-0.2, -0.15) is 0 Å². The second-order valence-electron chi connectivity index (χ2n) is 7.19. The quantitative estimate of drug-likeness (QED) is 0.466. The molecule has 32 heavy (non-hydrogen) atoms. The maximum atomic E-state index is 13.9. The molecule has 4 rings (SSSR count). The first kappa shape index (κ1) is 22.7. The zero-order valence-corrected chi connectivity index (χ0v) is 19.4. The Kier molecular flexibility index (Phi) is 7.10. The van der Waals surface area contributed by atoms with E-state index in [0.29, 0.717) is 0 Å². The van der Waals surface area contributed by atoms with Gasteiger partial charge in [-0.05, 0) is 25.1 Å². The number of hydrogen-bond donors (Lipinski definition) is 3. The number of anilines is 1. The monoisotopic (exact) mass is 490 g/mol. The van der Waals surface area contributed by atoms with Crippen molar-refractivity contribution < 1.29 is 14.0 Å². The summed E-state index contributed by atoms with van der Waals surface area (Å²) >= 11 is 8.52. The van der Waals surface area contributed by atoms with E-state index in [2.05, 4.69) is 20.9 Å². The lowest BCUT2D eigenvalue weighted by Gasteiger charge is -2.30. The van der Waals surface area contributed by atoms with Gasteiger partial charge in [0.05, 0.1) is 23.2 Å². The Morgan fingerprint density at radius 3 is 2.84 bits per heavy atom. The Morgan fingerprint density at radius 2 is 2.09 bits per heavy atom. The van der Waals surface area contributed by atoms with Crippen LogP contribution in [0.15, 0.2) is 48.5 Å². The lowest BCUT2D eigenvalue weighted by atomic mass is 10.1. The first-order valence-electron chi connectivity index (χ1n) is 9.83. The van der Waals surface area contributed by atoms with Crippen molar-refractivity contribution in [2.45, 2.75) is 24.9 Å². The van der Waals surface area contributed by atoms with Gasteiger partial charge >= 0.3 is 0 Å². The lowest BCUT2D eigenvalue weighted by molar-refractivity contribution is -0.123. The first-order chi connectivity index (χ1) is 15.4. The third kappa shape index (κ3) is 5.47. The smallest absolute Gasteiger partial charge is 0.234 e. The van der Waals surface area contributed by atoms with Crippen LogP contribution in [0.1, 0.15) is 23.0 Å². The van der Waals surface area contributed by atoms with E-state index in [1.165, 1.54) is 23.9 Å². The Bertz CT molecular complexity index is 1140. The molecule has 6 nitrogen and oxygen atoms in total. The van der Waals surface area contributed by atoms with Crippen LogP contribution in [0.25, 0.3) is 10.6 Å². The summed E-state index contributed by atoms with van der Waals surface area (Å²) in [6.07, 6.45) is 0.288. The summed E-state index contributed by atoms with van der Waals surface area (Å²) in [6, 6.07) is 13.7. The molecule has 1 aromatic heterocycles. The number of benzene rings is 2. The number of carbonyl (C=O) groups excluding carboxylic acids is 2. The fourth-order valence-corrected chi connectivity index (χ4v) is 5.46. The average molecular weight is 491 g/mol. The molecule has 0 radical (unpaired) electrons. The van der Waals surface area contributed by atoms with E-state index < -0.39 is 11.3 Å². The minimum Gasteiger partial charge on any atom is -0.332 e. The van der Waals surface area contributed by atoms with Crippen molar-refractivity contribution in [3.63, 3.8) is 0 Å². The minimum absolute atomic E-state index is 0.0314. The van der Waals surface area contributed by atoms with Crippen molar-refractivity contribution in [1.82, 2.24) is 15.6 Å². The molecular weight excluding hydrogens is 471 g/mol. The van der Waals surface area contributed by atoms with E-state index >= 15 is 0 Å². The van der Waals surface area contributed by atoms with Gasteiger partial charge in [0.2, 0.25) is 11.8 Å². The summed E-state index contributed by atoms with van der Waals surface area (Å²) in [7, 11) is 0. The Morgan fingerprint density at radius 1 is 1.31 bits per heavy atom. The number of rotatable bonds is 6. The number of thiazole rings is 1. The van der Waals surface area contributed by atoms with E-state index in [-0.39, 0.29) is 40.7 Å². The molecule has 0 aliphatic carbocycles. The number of nitrogens with zero attached hydrogens (tertiary/aromatic N) is 1. The summed E-state index contributed by atoms with van der Waals surface area (Å²) in [6.45, 7) is 1.93. The summed E-state index contributed by atoms with van der Waals surface area (Å²) in [5, 5.41) is 9.89. The fraction of sp³-hybridized carbons (Fsp3) is 0.227. The summed E-state index contributed by atoms with van der Waals surface area (Å²) in [5.41, 5.74) is 1.51. The molecule has 1 fully saturated rings. The SMILES string of the molecule is Cc1nc(-c2ccccc2)sc1C1CC(=O)NC(SCC(=O)Nc2ccc(Cl)cc2F)N1. The Balaban J connectivity index is 1.39. The molecule has 2 atom stereocenters. The number of aromatic nitrogens is 1. The van der Waals surface area contributed by atoms with Crippen molar-refractivity contribution >= 4 is 52.2 Å². The number of nitrogens with one attached hydrogen (secondary N) is 3. The number of carbonyl (C=O) groups is 2. The Labute approximate surface area is 198 Å². The van der Waals surface area contributed by atoms with E-state index in [4.69, 9.17) is 11.6 Å². The molecule has 166 valence electrons. The zero-order chi connectivity index (χ0) is 22.7. The first-order valence-corrected chi connectivity index (χ1v) is 12.1. The van der Waals surface area contributed by atoms with E-state index in [0.717, 1.165) is 27.2 Å². The fourth-order valence-electron chi connectivity index (χ4n) is 3.30. The second-order valence-corrected chi connectivity index (χ2v) is 9.75. The average Bonchev–Trinajstić information content (AvgIpc) is 3.16. The number of hydrogen-bond acceptors (Lipinski definition) is 6. The standard InChI is InChI=1S/C22H20ClFN4O2S2/c1-12-20(32-21(25-12)13-5-3-2-4-6-13)17-10-18(29)28-22(27-17)31-11-19(30)26-16-8-7-14(23)9-15(16)24/h2-9,17,22,27H,10-11H2,1H3,(H,26,30)(H,28,29). The number of halogens is 2. The van der Waals surface area contributed by atoms with Crippen LogP contribution in [0.3, 0.4) is 0 Å². The molecule has 1 aliphatic rings. The third-order valence-corrected chi connectivity index (χ3v) is 7.36. The predicted octanol–water partition coefficient (Wildman–Crippen LogP) is 4.72. The third-order valence-electron chi connectivity index (χ3n) is 4.79. The van der Waals surface area contributed by atoms with Gasteiger partial charge in [-0.3, -0.25) is 14.9 Å². The molecule has 0 bridgehead atoms. The highest BCUT2D eigenvalue weighted by Crippen LogP contribution is 2.34. The van der Waals surface area contributed by atoms with Crippen LogP contribution in [-0.4, -0.2) is 28.0 Å². The molecule has 2 amide bonds. The largest absolute Gasteiger partial charge is 0.332 e. The molecule has 2 aromatic carbocycles. The molecule has 0 spiro atoms. The highest BCUT2D eigenvalue weighted by molar-refractivity contribution is 8.00. The van der Waals surface area contributed by atoms with Gasteiger partial charge < -0.3 is 10.6 Å². The summed E-state index contributed by atoms with van der Waals surface area (Å²) in [5.74, 6) is -1.06. The molecule has 2 unspecified atom stereocenters. The minimum atomic E-state index is -0.602. The van der Waals surface area contributed by atoms with Crippen LogP contribution in [0.2, 0.25) is 5.02 Å². The molecule has 3 aromatic rings. The van der Waals surface area contributed by atoms with Crippen molar-refractivity contribution in [3.8, 4) is 10.6 Å². The number of thioether (sulfide) groups is 1. The van der Waals surface area contributed by atoms with Crippen LogP contribution in [-0.2, 0) is 9.59 Å². The lowest BCUT2D eigenvalue weighted by Crippen LogP contribution is -2.51. The highest BCUT2D eigenvalue weighted by Gasteiger charge is 2.30. The zero-order valence-electron chi connectivity index (χ0n) is 17.0. The van der Waals surface area contributed by atoms with Gasteiger partial charge in [-0.1, -0.05) is 41.9 Å². The van der Waals surface area contributed by atoms with Gasteiger partial charge in [-0.15, -0.1) is 23.1 Å². The summed E-state index contributed by atoms with van der Waals surface area (Å²) in [4.78, 5) is 30.2. The van der Waals surface area contributed by atoms with Crippen LogP contribution >= 0.6 is 34.7 Å². The molecule has 3 N–H and O–H groups in total. The number of amides is 2. The van der Waals surface area contributed by atoms with Gasteiger partial charge in [0.15, 0.2) is 0 Å². The van der Waals surface area contributed by atoms with Crippen LogP contribution < -0.4 is 16.0 Å². The maximum Gasteiger partial charge on any atom is 0.234 e. The van der Waals surface area contributed by atoms with Gasteiger partial charge in [0, 0.05) is 21.9 Å². The van der Waals surface area contributed by atoms with E-state index in [9.17, 15) is 14.0 Å². The van der Waals surface area contributed by atoms with Crippen molar-refractivity contribution in [1.29, 1.82) is 0 Å². The topological polar surface area (TPSA) is 83.1 Å². The molecule has 0 saturated carbocycles. The maximum absolute atomic E-state index is 13.9. The van der Waals surface area contributed by atoms with Crippen molar-refractivity contribution in [2.75, 3.05) is 11.1 Å². The van der Waals surface area contributed by atoms with Gasteiger partial charge in [-0.25, -0.2) is 9.37 Å². The molecule has 2 heterocycles. The predicted molar refractivity (Wildman–Crippen MR) is 127 cm³/mol. The second kappa shape index (κ2) is 9.99. The van der Waals surface area contributed by atoms with E-state index in [1.54, 1.807) is 11.3 Å². The number of aryl methyl sites for hydroxylation is 1. The van der Waals surface area contributed by atoms with Gasteiger partial charge in [0.25, 0.3) is 0 Å². The molecule has 1 aliphatic heterocycles. The highest BCUT2D eigenvalue weighted by atomic mass is 35.5. The molecule has 1 saturated heterocycles. The normalized spacial score (nSPS) is 18.3. The van der Waals surface area contributed by atoms with Gasteiger partial charge in [0.1, 0.15) is 16.3 Å².